The maximum Gasteiger partial charge on any atom is 0.315 e. The normalized spacial score (nSPS) is 28.2. The van der Waals surface area contributed by atoms with E-state index in [1.54, 1.807) is 6.92 Å². The van der Waals surface area contributed by atoms with E-state index < -0.39 is 12.1 Å². The first-order valence-electron chi connectivity index (χ1n) is 12.3. The van der Waals surface area contributed by atoms with E-state index in [1.807, 2.05) is 32.9 Å². The highest BCUT2D eigenvalue weighted by Crippen LogP contribution is 2.55. The van der Waals surface area contributed by atoms with Gasteiger partial charge < -0.3 is 20.7 Å². The van der Waals surface area contributed by atoms with Gasteiger partial charge in [0, 0.05) is 17.8 Å². The summed E-state index contributed by atoms with van der Waals surface area (Å²) >= 11 is 0. The first-order chi connectivity index (χ1) is 15.6. The monoisotopic (exact) mass is 455 g/mol. The third-order valence-corrected chi connectivity index (χ3v) is 7.63. The van der Waals surface area contributed by atoms with Gasteiger partial charge in [0.25, 0.3) is 5.91 Å². The molecule has 33 heavy (non-hydrogen) atoms. The number of hydrogen-bond acceptors (Lipinski definition) is 4. The minimum Gasteiger partial charge on any atom is -0.452 e. The number of urea groups is 1. The minimum atomic E-state index is -0.918. The second kappa shape index (κ2) is 9.35. The molecular weight excluding hydrogens is 418 g/mol. The van der Waals surface area contributed by atoms with Gasteiger partial charge in [0.1, 0.15) is 0 Å². The van der Waals surface area contributed by atoms with Crippen molar-refractivity contribution in [2.45, 2.75) is 84.3 Å². The fourth-order valence-electron chi connectivity index (χ4n) is 6.74. The summed E-state index contributed by atoms with van der Waals surface area (Å²) in [6.07, 6.45) is 6.33. The standard InChI is InChI=1S/C26H37N3O4/c1-15-7-16(2)23(17(3)8-15)28-24(31)18(4)33-22(30)5-6-27-25(32)29-26-12-19-9-20(13-26)11-21(10-19)14-26/h7-8,18-21H,5-6,9-14H2,1-4H3,(H,28,31)(H2,27,29,32). The Labute approximate surface area is 196 Å². The number of ether oxygens (including phenoxy) is 1. The molecule has 0 aliphatic heterocycles. The third kappa shape index (κ3) is 5.50. The Morgan fingerprint density at radius 3 is 2.09 bits per heavy atom. The molecule has 0 aromatic heterocycles. The largest absolute Gasteiger partial charge is 0.452 e. The van der Waals surface area contributed by atoms with Crippen LogP contribution in [0.1, 0.15) is 68.6 Å². The average Bonchev–Trinajstić information content (AvgIpc) is 2.68. The van der Waals surface area contributed by atoms with Gasteiger partial charge in [-0.3, -0.25) is 9.59 Å². The molecule has 0 spiro atoms. The van der Waals surface area contributed by atoms with Gasteiger partial charge >= 0.3 is 12.0 Å². The fourth-order valence-corrected chi connectivity index (χ4v) is 6.74. The van der Waals surface area contributed by atoms with Gasteiger partial charge in [-0.1, -0.05) is 17.7 Å². The Balaban J connectivity index is 1.19. The second-order valence-electron chi connectivity index (χ2n) is 10.7. The van der Waals surface area contributed by atoms with Crippen molar-refractivity contribution in [3.05, 3.63) is 28.8 Å². The molecule has 3 amide bonds. The quantitative estimate of drug-likeness (QED) is 0.539. The smallest absolute Gasteiger partial charge is 0.315 e. The van der Waals surface area contributed by atoms with Crippen LogP contribution < -0.4 is 16.0 Å². The number of aryl methyl sites for hydroxylation is 3. The summed E-state index contributed by atoms with van der Waals surface area (Å²) in [4.78, 5) is 37.2. The zero-order chi connectivity index (χ0) is 23.8. The maximum absolute atomic E-state index is 12.5. The third-order valence-electron chi connectivity index (χ3n) is 7.63. The van der Waals surface area contributed by atoms with Crippen LogP contribution in [0.4, 0.5) is 10.5 Å². The summed E-state index contributed by atoms with van der Waals surface area (Å²) in [6.45, 7) is 7.62. The van der Waals surface area contributed by atoms with Crippen molar-refractivity contribution in [2.75, 3.05) is 11.9 Å². The molecule has 1 aromatic carbocycles. The van der Waals surface area contributed by atoms with E-state index >= 15 is 0 Å². The highest BCUT2D eigenvalue weighted by Gasteiger charge is 2.51. The zero-order valence-corrected chi connectivity index (χ0v) is 20.3. The molecule has 7 nitrogen and oxygen atoms in total. The summed E-state index contributed by atoms with van der Waals surface area (Å²) < 4.78 is 5.28. The Bertz CT molecular complexity index is 883. The highest BCUT2D eigenvalue weighted by molar-refractivity contribution is 5.96. The van der Waals surface area contributed by atoms with Crippen molar-refractivity contribution in [1.82, 2.24) is 10.6 Å². The van der Waals surface area contributed by atoms with E-state index in [1.165, 1.54) is 19.3 Å². The zero-order valence-electron chi connectivity index (χ0n) is 20.3. The topological polar surface area (TPSA) is 96.5 Å². The molecule has 180 valence electrons. The fraction of sp³-hybridized carbons (Fsp3) is 0.654. The highest BCUT2D eigenvalue weighted by atomic mass is 16.5. The van der Waals surface area contributed by atoms with Crippen LogP contribution in [-0.4, -0.2) is 36.1 Å². The SMILES string of the molecule is Cc1cc(C)c(NC(=O)C(C)OC(=O)CCNC(=O)NC23CC4CC(CC(C4)C2)C3)c(C)c1. The van der Waals surface area contributed by atoms with Crippen molar-refractivity contribution >= 4 is 23.6 Å². The molecule has 7 heteroatoms. The summed E-state index contributed by atoms with van der Waals surface area (Å²) in [6, 6.07) is 3.79. The number of hydrogen-bond donors (Lipinski definition) is 3. The minimum absolute atomic E-state index is 0.0223. The van der Waals surface area contributed by atoms with Crippen LogP contribution in [0.25, 0.3) is 0 Å². The lowest BCUT2D eigenvalue weighted by Gasteiger charge is -2.56. The maximum atomic E-state index is 12.5. The van der Waals surface area contributed by atoms with Gasteiger partial charge in [0.2, 0.25) is 0 Å². The molecule has 0 saturated heterocycles. The molecule has 1 unspecified atom stereocenters. The van der Waals surface area contributed by atoms with Gasteiger partial charge in [-0.25, -0.2) is 4.79 Å². The molecule has 0 heterocycles. The summed E-state index contributed by atoms with van der Waals surface area (Å²) in [7, 11) is 0. The Morgan fingerprint density at radius 2 is 1.55 bits per heavy atom. The van der Waals surface area contributed by atoms with Crippen LogP contribution in [0.2, 0.25) is 0 Å². The van der Waals surface area contributed by atoms with E-state index in [-0.39, 0.29) is 30.4 Å². The molecule has 4 aliphatic carbocycles. The van der Waals surface area contributed by atoms with Crippen molar-refractivity contribution in [2.24, 2.45) is 17.8 Å². The number of benzene rings is 1. The number of rotatable bonds is 7. The van der Waals surface area contributed by atoms with Crippen LogP contribution in [0.5, 0.6) is 0 Å². The molecule has 1 atom stereocenters. The molecule has 4 saturated carbocycles. The van der Waals surface area contributed by atoms with E-state index in [0.717, 1.165) is 59.4 Å². The number of nitrogens with one attached hydrogen (secondary N) is 3. The lowest BCUT2D eigenvalue weighted by Crippen LogP contribution is -2.61. The number of esters is 1. The molecule has 0 radical (unpaired) electrons. The van der Waals surface area contributed by atoms with Crippen LogP contribution in [0, 0.1) is 38.5 Å². The summed E-state index contributed by atoms with van der Waals surface area (Å²) in [5.41, 5.74) is 3.75. The Kier molecular flexibility index (Phi) is 6.68. The van der Waals surface area contributed by atoms with Gasteiger partial charge in [-0.2, -0.15) is 0 Å². The average molecular weight is 456 g/mol. The van der Waals surface area contributed by atoms with Gasteiger partial charge in [-0.15, -0.1) is 0 Å². The van der Waals surface area contributed by atoms with Crippen molar-refractivity contribution in [1.29, 1.82) is 0 Å². The van der Waals surface area contributed by atoms with E-state index in [4.69, 9.17) is 4.74 Å². The number of amides is 3. The van der Waals surface area contributed by atoms with E-state index in [2.05, 4.69) is 16.0 Å². The molecule has 4 bridgehead atoms. The molecule has 5 rings (SSSR count). The summed E-state index contributed by atoms with van der Waals surface area (Å²) in [5, 5.41) is 8.89. The van der Waals surface area contributed by atoms with Crippen LogP contribution in [0.15, 0.2) is 12.1 Å². The number of anilines is 1. The first kappa shape index (κ1) is 23.6. The van der Waals surface area contributed by atoms with Gasteiger partial charge in [0.15, 0.2) is 6.10 Å². The number of carbonyl (C=O) groups excluding carboxylic acids is 3. The predicted octanol–water partition coefficient (Wildman–Crippen LogP) is 4.14. The lowest BCUT2D eigenvalue weighted by atomic mass is 9.53. The van der Waals surface area contributed by atoms with E-state index in [0.29, 0.717) is 0 Å². The van der Waals surface area contributed by atoms with Crippen LogP contribution in [0.3, 0.4) is 0 Å². The predicted molar refractivity (Wildman–Crippen MR) is 127 cm³/mol. The van der Waals surface area contributed by atoms with Gasteiger partial charge in [0.05, 0.1) is 6.42 Å². The molecule has 4 aliphatic rings. The lowest BCUT2D eigenvalue weighted by molar-refractivity contribution is -0.153. The van der Waals surface area contributed by atoms with E-state index in [9.17, 15) is 14.4 Å². The molecule has 1 aromatic rings. The Morgan fingerprint density at radius 1 is 1.00 bits per heavy atom. The first-order valence-corrected chi connectivity index (χ1v) is 12.3. The van der Waals surface area contributed by atoms with Crippen LogP contribution >= 0.6 is 0 Å². The molecule has 4 fully saturated rings. The number of carbonyl (C=O) groups is 3. The van der Waals surface area contributed by atoms with Gasteiger partial charge in [-0.05, 0) is 95.1 Å². The van der Waals surface area contributed by atoms with Crippen molar-refractivity contribution in [3.63, 3.8) is 0 Å². The molecular formula is C26H37N3O4. The second-order valence-corrected chi connectivity index (χ2v) is 10.7. The summed E-state index contributed by atoms with van der Waals surface area (Å²) in [5.74, 6) is 1.39. The van der Waals surface area contributed by atoms with Crippen LogP contribution in [-0.2, 0) is 14.3 Å². The Hall–Kier alpha value is -2.57. The molecule has 3 N–H and O–H groups in total. The van der Waals surface area contributed by atoms with Crippen molar-refractivity contribution in [3.8, 4) is 0 Å². The van der Waals surface area contributed by atoms with Crippen molar-refractivity contribution < 1.29 is 19.1 Å².